The Kier molecular flexibility index (Phi) is 8.70. The van der Waals surface area contributed by atoms with Gasteiger partial charge >= 0.3 is 0 Å². The summed E-state index contributed by atoms with van der Waals surface area (Å²) < 4.78 is 5.78. The fraction of sp³-hybridized carbons (Fsp3) is 0.429. The number of rotatable bonds is 8. The van der Waals surface area contributed by atoms with Gasteiger partial charge in [0, 0.05) is 31.6 Å². The quantitative estimate of drug-likeness (QED) is 0.458. The van der Waals surface area contributed by atoms with Crippen LogP contribution in [0.15, 0.2) is 60.7 Å². The summed E-state index contributed by atoms with van der Waals surface area (Å²) in [7, 11) is 0. The first kappa shape index (κ1) is 24.6. The summed E-state index contributed by atoms with van der Waals surface area (Å²) in [4.78, 5) is 26.5. The maximum Gasteiger partial charge on any atom is 0.246 e. The average molecular weight is 449 g/mol. The predicted molar refractivity (Wildman–Crippen MR) is 133 cm³/mol. The van der Waals surface area contributed by atoms with E-state index < -0.39 is 0 Å². The molecule has 0 aromatic heterocycles. The molecule has 2 aromatic rings. The molecule has 1 saturated heterocycles. The third-order valence-corrected chi connectivity index (χ3v) is 5.93. The average Bonchev–Trinajstić information content (AvgIpc) is 2.81. The maximum atomic E-state index is 12.4. The van der Waals surface area contributed by atoms with Crippen LogP contribution < -0.4 is 10.1 Å². The summed E-state index contributed by atoms with van der Waals surface area (Å²) in [6.45, 7) is 8.40. The van der Waals surface area contributed by atoms with E-state index in [1.807, 2.05) is 53.4 Å². The minimum absolute atomic E-state index is 0.0244. The van der Waals surface area contributed by atoms with Crippen molar-refractivity contribution in [2.75, 3.05) is 19.7 Å². The molecule has 0 radical (unpaired) electrons. The van der Waals surface area contributed by atoms with Crippen molar-refractivity contribution in [2.45, 2.75) is 57.9 Å². The molecule has 2 amide bonds. The molecular formula is C28H36N2O3. The first-order valence-corrected chi connectivity index (χ1v) is 11.9. The maximum absolute atomic E-state index is 12.4. The molecule has 1 aliphatic rings. The monoisotopic (exact) mass is 448 g/mol. The molecule has 176 valence electrons. The van der Waals surface area contributed by atoms with Gasteiger partial charge < -0.3 is 15.0 Å². The zero-order valence-electron chi connectivity index (χ0n) is 20.0. The number of amides is 2. The van der Waals surface area contributed by atoms with Gasteiger partial charge in [-0.05, 0) is 54.0 Å². The lowest BCUT2D eigenvalue weighted by molar-refractivity contribution is -0.127. The number of piperidine rings is 1. The van der Waals surface area contributed by atoms with Crippen molar-refractivity contribution in [2.24, 2.45) is 0 Å². The zero-order chi connectivity index (χ0) is 23.7. The summed E-state index contributed by atoms with van der Waals surface area (Å²) >= 11 is 0. The number of benzene rings is 2. The minimum Gasteiger partial charge on any atom is -0.494 e. The topological polar surface area (TPSA) is 58.6 Å². The summed E-state index contributed by atoms with van der Waals surface area (Å²) in [6.07, 6.45) is 6.16. The van der Waals surface area contributed by atoms with E-state index in [-0.39, 0.29) is 23.3 Å². The zero-order valence-corrected chi connectivity index (χ0v) is 20.0. The van der Waals surface area contributed by atoms with E-state index in [1.165, 1.54) is 5.56 Å². The van der Waals surface area contributed by atoms with Gasteiger partial charge in [-0.25, -0.2) is 0 Å². The van der Waals surface area contributed by atoms with Crippen LogP contribution in [0, 0.1) is 0 Å². The Morgan fingerprint density at radius 2 is 1.70 bits per heavy atom. The van der Waals surface area contributed by atoms with Crippen molar-refractivity contribution >= 4 is 17.9 Å². The van der Waals surface area contributed by atoms with Gasteiger partial charge in [0.2, 0.25) is 11.8 Å². The molecule has 1 aliphatic heterocycles. The highest BCUT2D eigenvalue weighted by Gasteiger charge is 2.22. The highest BCUT2D eigenvalue weighted by Crippen LogP contribution is 2.24. The highest BCUT2D eigenvalue weighted by atomic mass is 16.5. The van der Waals surface area contributed by atoms with Crippen molar-refractivity contribution in [1.82, 2.24) is 10.2 Å². The van der Waals surface area contributed by atoms with E-state index in [0.29, 0.717) is 32.5 Å². The number of hydrogen-bond donors (Lipinski definition) is 1. The molecule has 0 aliphatic carbocycles. The van der Waals surface area contributed by atoms with Gasteiger partial charge in [0.05, 0.1) is 6.61 Å². The Balaban J connectivity index is 1.31. The van der Waals surface area contributed by atoms with Crippen LogP contribution in [-0.4, -0.2) is 42.5 Å². The lowest BCUT2D eigenvalue weighted by Gasteiger charge is -2.31. The predicted octanol–water partition coefficient (Wildman–Crippen LogP) is 4.96. The second-order valence-corrected chi connectivity index (χ2v) is 9.64. The van der Waals surface area contributed by atoms with Crippen LogP contribution in [0.3, 0.4) is 0 Å². The first-order valence-electron chi connectivity index (χ1n) is 11.9. The molecule has 5 nitrogen and oxygen atoms in total. The number of hydrogen-bond acceptors (Lipinski definition) is 3. The third kappa shape index (κ3) is 8.08. The fourth-order valence-electron chi connectivity index (χ4n) is 3.86. The molecule has 1 fully saturated rings. The molecule has 5 heteroatoms. The van der Waals surface area contributed by atoms with E-state index in [0.717, 1.165) is 24.2 Å². The van der Waals surface area contributed by atoms with E-state index in [1.54, 1.807) is 6.08 Å². The van der Waals surface area contributed by atoms with Crippen LogP contribution in [0.5, 0.6) is 5.75 Å². The third-order valence-electron chi connectivity index (χ3n) is 5.93. The summed E-state index contributed by atoms with van der Waals surface area (Å²) in [6, 6.07) is 18.1. The summed E-state index contributed by atoms with van der Waals surface area (Å²) in [5, 5.41) is 3.11. The molecule has 0 unspecified atom stereocenters. The number of ether oxygens (including phenoxy) is 1. The summed E-state index contributed by atoms with van der Waals surface area (Å²) in [5.41, 5.74) is 2.41. The van der Waals surface area contributed by atoms with Crippen molar-refractivity contribution in [3.8, 4) is 5.75 Å². The van der Waals surface area contributed by atoms with E-state index in [2.05, 4.69) is 38.2 Å². The molecule has 0 spiro atoms. The van der Waals surface area contributed by atoms with Gasteiger partial charge in [-0.1, -0.05) is 63.2 Å². The molecule has 2 aromatic carbocycles. The van der Waals surface area contributed by atoms with Crippen molar-refractivity contribution < 1.29 is 14.3 Å². The molecule has 0 atom stereocenters. The van der Waals surface area contributed by atoms with Gasteiger partial charge in [0.1, 0.15) is 5.75 Å². The van der Waals surface area contributed by atoms with E-state index in [4.69, 9.17) is 4.74 Å². The van der Waals surface area contributed by atoms with Crippen LogP contribution in [0.1, 0.15) is 57.6 Å². The van der Waals surface area contributed by atoms with Crippen LogP contribution in [0.2, 0.25) is 0 Å². The molecule has 3 rings (SSSR count). The standard InChI is InChI=1S/C28H36N2O3/c1-28(2,3)23-12-14-25(15-13-23)33-21-7-10-26(31)29-24-17-19-30(20-18-24)27(32)16-11-22-8-5-4-6-9-22/h4-6,8-9,11-16,24H,7,10,17-21H2,1-3H3,(H,29,31)/b16-11+. The number of nitrogens with zero attached hydrogens (tertiary/aromatic N) is 1. The smallest absolute Gasteiger partial charge is 0.246 e. The van der Waals surface area contributed by atoms with Gasteiger partial charge in [-0.2, -0.15) is 0 Å². The second kappa shape index (κ2) is 11.7. The SMILES string of the molecule is CC(C)(C)c1ccc(OCCCC(=O)NC2CCN(C(=O)/C=C/c3ccccc3)CC2)cc1. The van der Waals surface area contributed by atoms with Crippen molar-refractivity contribution in [3.05, 3.63) is 71.8 Å². The van der Waals surface area contributed by atoms with Gasteiger partial charge in [-0.3, -0.25) is 9.59 Å². The molecule has 1 N–H and O–H groups in total. The minimum atomic E-state index is 0.0244. The molecular weight excluding hydrogens is 412 g/mol. The van der Waals surface area contributed by atoms with Crippen LogP contribution in [0.25, 0.3) is 6.08 Å². The largest absolute Gasteiger partial charge is 0.494 e. The summed E-state index contributed by atoms with van der Waals surface area (Å²) in [5.74, 6) is 0.911. The number of nitrogens with one attached hydrogen (secondary N) is 1. The normalized spacial score (nSPS) is 14.9. The van der Waals surface area contributed by atoms with Gasteiger partial charge in [0.15, 0.2) is 0 Å². The van der Waals surface area contributed by atoms with Crippen LogP contribution >= 0.6 is 0 Å². The van der Waals surface area contributed by atoms with E-state index in [9.17, 15) is 9.59 Å². The van der Waals surface area contributed by atoms with Gasteiger partial charge in [-0.15, -0.1) is 0 Å². The van der Waals surface area contributed by atoms with Crippen LogP contribution in [0.4, 0.5) is 0 Å². The van der Waals surface area contributed by atoms with E-state index >= 15 is 0 Å². The number of carbonyl (C=O) groups excluding carboxylic acids is 2. The Hall–Kier alpha value is -3.08. The Morgan fingerprint density at radius 3 is 2.33 bits per heavy atom. The lowest BCUT2D eigenvalue weighted by Crippen LogP contribution is -2.46. The number of likely N-dealkylation sites (tertiary alicyclic amines) is 1. The van der Waals surface area contributed by atoms with Crippen molar-refractivity contribution in [1.29, 1.82) is 0 Å². The molecule has 0 bridgehead atoms. The van der Waals surface area contributed by atoms with Gasteiger partial charge in [0.25, 0.3) is 0 Å². The Bertz CT molecular complexity index is 922. The Morgan fingerprint density at radius 1 is 1.03 bits per heavy atom. The molecule has 0 saturated carbocycles. The fourth-order valence-corrected chi connectivity index (χ4v) is 3.86. The Labute approximate surface area is 197 Å². The van der Waals surface area contributed by atoms with Crippen molar-refractivity contribution in [3.63, 3.8) is 0 Å². The number of carbonyl (C=O) groups is 2. The second-order valence-electron chi connectivity index (χ2n) is 9.64. The first-order chi connectivity index (χ1) is 15.8. The van der Waals surface area contributed by atoms with Crippen LogP contribution in [-0.2, 0) is 15.0 Å². The molecule has 33 heavy (non-hydrogen) atoms. The molecule has 1 heterocycles. The lowest BCUT2D eigenvalue weighted by atomic mass is 9.87. The highest BCUT2D eigenvalue weighted by molar-refractivity contribution is 5.91.